The Morgan fingerprint density at radius 3 is 2.33 bits per heavy atom. The molecule has 0 saturated carbocycles. The second-order valence-electron chi connectivity index (χ2n) is 6.08. The van der Waals surface area contributed by atoms with E-state index in [4.69, 9.17) is 9.47 Å². The van der Waals surface area contributed by atoms with Crippen LogP contribution in [-0.4, -0.2) is 32.7 Å². The first-order chi connectivity index (χ1) is 13.0. The van der Waals surface area contributed by atoms with Crippen LogP contribution in [0.2, 0.25) is 0 Å². The van der Waals surface area contributed by atoms with Crippen molar-refractivity contribution in [2.75, 3.05) is 20.8 Å². The molecule has 1 amide bonds. The molecule has 27 heavy (non-hydrogen) atoms. The van der Waals surface area contributed by atoms with Crippen LogP contribution in [0.25, 0.3) is 0 Å². The summed E-state index contributed by atoms with van der Waals surface area (Å²) in [6, 6.07) is 12.6. The van der Waals surface area contributed by atoms with Crippen molar-refractivity contribution in [2.45, 2.75) is 26.3 Å². The van der Waals surface area contributed by atoms with Crippen molar-refractivity contribution in [3.8, 4) is 11.5 Å². The zero-order chi connectivity index (χ0) is 19.8. The molecular weight excluding hydrogens is 346 g/mol. The maximum Gasteiger partial charge on any atom is 0.337 e. The van der Waals surface area contributed by atoms with E-state index in [-0.39, 0.29) is 18.6 Å². The van der Waals surface area contributed by atoms with E-state index in [1.165, 1.54) is 25.8 Å². The molecule has 0 spiro atoms. The number of hydrogen-bond donors (Lipinski definition) is 1. The van der Waals surface area contributed by atoms with E-state index in [1.54, 1.807) is 12.1 Å². The molecule has 0 bridgehead atoms. The number of rotatable bonds is 8. The second kappa shape index (κ2) is 9.62. The lowest BCUT2D eigenvalue weighted by Crippen LogP contribution is -2.32. The van der Waals surface area contributed by atoms with Gasteiger partial charge in [-0.25, -0.2) is 4.79 Å². The fourth-order valence-electron chi connectivity index (χ4n) is 2.63. The van der Waals surface area contributed by atoms with Crippen LogP contribution in [0.4, 0.5) is 0 Å². The first-order valence-corrected chi connectivity index (χ1v) is 8.73. The molecule has 0 radical (unpaired) electrons. The van der Waals surface area contributed by atoms with Crippen LogP contribution in [0.1, 0.15) is 40.9 Å². The summed E-state index contributed by atoms with van der Waals surface area (Å²) in [6.07, 6.45) is 0.770. The highest BCUT2D eigenvalue weighted by Gasteiger charge is 2.15. The minimum atomic E-state index is -0.471. The molecule has 0 saturated heterocycles. The lowest BCUT2D eigenvalue weighted by atomic mass is 10.0. The van der Waals surface area contributed by atoms with Gasteiger partial charge in [0.15, 0.2) is 18.1 Å². The van der Waals surface area contributed by atoms with E-state index >= 15 is 0 Å². The molecule has 6 nitrogen and oxygen atoms in total. The first-order valence-electron chi connectivity index (χ1n) is 8.73. The van der Waals surface area contributed by atoms with Crippen molar-refractivity contribution < 1.29 is 23.8 Å². The van der Waals surface area contributed by atoms with Crippen LogP contribution in [-0.2, 0) is 9.53 Å². The van der Waals surface area contributed by atoms with Gasteiger partial charge in [-0.15, -0.1) is 0 Å². The number of hydrogen-bond acceptors (Lipinski definition) is 5. The monoisotopic (exact) mass is 371 g/mol. The number of esters is 1. The summed E-state index contributed by atoms with van der Waals surface area (Å²) in [5, 5.41) is 2.97. The summed E-state index contributed by atoms with van der Waals surface area (Å²) in [5.74, 6) is 0.0305. The van der Waals surface area contributed by atoms with Gasteiger partial charge in [-0.3, -0.25) is 4.79 Å². The quantitative estimate of drug-likeness (QED) is 0.720. The summed E-state index contributed by atoms with van der Waals surface area (Å²) in [7, 11) is 2.77. The van der Waals surface area contributed by atoms with E-state index in [0.717, 1.165) is 12.0 Å². The van der Waals surface area contributed by atoms with E-state index in [9.17, 15) is 9.59 Å². The number of amides is 1. The Bertz CT molecular complexity index is 786. The number of nitrogens with one attached hydrogen (secondary N) is 1. The lowest BCUT2D eigenvalue weighted by Gasteiger charge is -2.18. The molecule has 0 aliphatic rings. The summed E-state index contributed by atoms with van der Waals surface area (Å²) in [5.41, 5.74) is 2.57. The van der Waals surface area contributed by atoms with Gasteiger partial charge >= 0.3 is 5.97 Å². The number of carbonyl (C=O) groups excluding carboxylic acids is 2. The van der Waals surface area contributed by atoms with Crippen molar-refractivity contribution in [1.29, 1.82) is 0 Å². The summed E-state index contributed by atoms with van der Waals surface area (Å²) < 4.78 is 15.5. The van der Waals surface area contributed by atoms with Gasteiger partial charge in [0.1, 0.15) is 0 Å². The lowest BCUT2D eigenvalue weighted by molar-refractivity contribution is -0.123. The molecule has 2 rings (SSSR count). The Morgan fingerprint density at radius 2 is 1.74 bits per heavy atom. The second-order valence-corrected chi connectivity index (χ2v) is 6.08. The van der Waals surface area contributed by atoms with E-state index in [0.29, 0.717) is 17.1 Å². The average Bonchev–Trinajstić information content (AvgIpc) is 2.70. The van der Waals surface area contributed by atoms with E-state index < -0.39 is 5.97 Å². The number of carbonyl (C=O) groups is 2. The fourth-order valence-corrected chi connectivity index (χ4v) is 2.63. The molecule has 0 aliphatic heterocycles. The maximum atomic E-state index is 12.3. The van der Waals surface area contributed by atoms with Crippen LogP contribution < -0.4 is 14.8 Å². The largest absolute Gasteiger partial charge is 0.493 e. The normalized spacial score (nSPS) is 11.4. The van der Waals surface area contributed by atoms with Gasteiger partial charge < -0.3 is 19.5 Å². The first kappa shape index (κ1) is 20.3. The molecule has 1 N–H and O–H groups in total. The van der Waals surface area contributed by atoms with Crippen LogP contribution in [0.5, 0.6) is 11.5 Å². The fraction of sp³-hybridized carbons (Fsp3) is 0.333. The predicted octanol–water partition coefficient (Wildman–Crippen LogP) is 3.44. The standard InChI is InChI=1S/C21H25NO5/c1-5-17(15-8-6-14(2)7-9-15)22-20(23)13-27-18-11-10-16(21(24)26-4)12-19(18)25-3/h6-12,17H,5,13H2,1-4H3,(H,22,23)/t17-/m0/s1. The molecule has 144 valence electrons. The van der Waals surface area contributed by atoms with E-state index in [2.05, 4.69) is 10.1 Å². The number of ether oxygens (including phenoxy) is 3. The minimum Gasteiger partial charge on any atom is -0.493 e. The Labute approximate surface area is 159 Å². The average molecular weight is 371 g/mol. The van der Waals surface area contributed by atoms with Gasteiger partial charge in [-0.05, 0) is 37.1 Å². The highest BCUT2D eigenvalue weighted by atomic mass is 16.5. The molecule has 0 aliphatic carbocycles. The van der Waals surface area contributed by atoms with Gasteiger partial charge in [-0.2, -0.15) is 0 Å². The number of aryl methyl sites for hydroxylation is 1. The topological polar surface area (TPSA) is 73.9 Å². The third-order valence-electron chi connectivity index (χ3n) is 4.17. The molecule has 0 aromatic heterocycles. The third kappa shape index (κ3) is 5.48. The highest BCUT2D eigenvalue weighted by molar-refractivity contribution is 5.90. The molecule has 0 fully saturated rings. The Kier molecular flexibility index (Phi) is 7.23. The summed E-state index contributed by atoms with van der Waals surface area (Å²) >= 11 is 0. The zero-order valence-corrected chi connectivity index (χ0v) is 16.1. The van der Waals surface area contributed by atoms with Crippen molar-refractivity contribution in [3.63, 3.8) is 0 Å². The Hall–Kier alpha value is -3.02. The SMILES string of the molecule is CC[C@H](NC(=O)COc1ccc(C(=O)OC)cc1OC)c1ccc(C)cc1. The molecule has 0 unspecified atom stereocenters. The number of methoxy groups -OCH3 is 2. The van der Waals surface area contributed by atoms with Crippen LogP contribution in [0, 0.1) is 6.92 Å². The molecule has 2 aromatic carbocycles. The van der Waals surface area contributed by atoms with Crippen molar-refractivity contribution in [3.05, 3.63) is 59.2 Å². The van der Waals surface area contributed by atoms with Crippen LogP contribution in [0.15, 0.2) is 42.5 Å². The van der Waals surface area contributed by atoms with Gasteiger partial charge in [0.2, 0.25) is 0 Å². The van der Waals surface area contributed by atoms with Crippen molar-refractivity contribution in [1.82, 2.24) is 5.32 Å². The maximum absolute atomic E-state index is 12.3. The van der Waals surface area contributed by atoms with Crippen molar-refractivity contribution in [2.24, 2.45) is 0 Å². The minimum absolute atomic E-state index is 0.0784. The molecule has 6 heteroatoms. The van der Waals surface area contributed by atoms with Gasteiger partial charge in [0, 0.05) is 0 Å². The zero-order valence-electron chi connectivity index (χ0n) is 16.1. The van der Waals surface area contributed by atoms with Gasteiger partial charge in [0.25, 0.3) is 5.91 Å². The summed E-state index contributed by atoms with van der Waals surface area (Å²) in [6.45, 7) is 3.88. The Morgan fingerprint density at radius 1 is 1.04 bits per heavy atom. The number of benzene rings is 2. The molecule has 1 atom stereocenters. The van der Waals surface area contributed by atoms with E-state index in [1.807, 2.05) is 38.1 Å². The van der Waals surface area contributed by atoms with Crippen molar-refractivity contribution >= 4 is 11.9 Å². The van der Waals surface area contributed by atoms with Gasteiger partial charge in [0.05, 0.1) is 25.8 Å². The van der Waals surface area contributed by atoms with Crippen LogP contribution >= 0.6 is 0 Å². The smallest absolute Gasteiger partial charge is 0.337 e. The summed E-state index contributed by atoms with van der Waals surface area (Å²) in [4.78, 5) is 23.9. The highest BCUT2D eigenvalue weighted by Crippen LogP contribution is 2.28. The molecular formula is C21H25NO5. The third-order valence-corrected chi connectivity index (χ3v) is 4.17. The van der Waals surface area contributed by atoms with Gasteiger partial charge in [-0.1, -0.05) is 36.8 Å². The molecule has 0 heterocycles. The Balaban J connectivity index is 2.00. The predicted molar refractivity (Wildman–Crippen MR) is 102 cm³/mol. The molecule has 2 aromatic rings. The van der Waals surface area contributed by atoms with Crippen LogP contribution in [0.3, 0.4) is 0 Å².